The van der Waals surface area contributed by atoms with Gasteiger partial charge in [-0.3, -0.25) is 9.69 Å². The van der Waals surface area contributed by atoms with Crippen molar-refractivity contribution >= 4 is 30.7 Å². The van der Waals surface area contributed by atoms with Crippen molar-refractivity contribution in [1.82, 2.24) is 10.2 Å². The number of rotatable bonds is 8. The molecule has 1 rings (SSSR count). The Kier molecular flexibility index (Phi) is 13.3. The summed E-state index contributed by atoms with van der Waals surface area (Å²) in [7, 11) is 2.12. The Morgan fingerprint density at radius 3 is 2.33 bits per heavy atom. The second-order valence-electron chi connectivity index (χ2n) is 6.46. The van der Waals surface area contributed by atoms with Gasteiger partial charge in [-0.1, -0.05) is 44.5 Å². The first-order valence-corrected chi connectivity index (χ1v) is 8.16. The van der Waals surface area contributed by atoms with E-state index in [1.807, 2.05) is 26.0 Å². The van der Waals surface area contributed by atoms with Gasteiger partial charge in [-0.15, -0.1) is 24.8 Å². The van der Waals surface area contributed by atoms with Crippen LogP contribution >= 0.6 is 24.8 Å². The number of hydrogen-bond donors (Lipinski definition) is 2. The maximum atomic E-state index is 12.0. The van der Waals surface area contributed by atoms with E-state index in [1.54, 1.807) is 0 Å². The van der Waals surface area contributed by atoms with Crippen LogP contribution in [0.2, 0.25) is 0 Å². The molecular weight excluding hydrogens is 345 g/mol. The number of benzene rings is 1. The van der Waals surface area contributed by atoms with E-state index in [-0.39, 0.29) is 36.6 Å². The number of nitrogens with one attached hydrogen (secondary N) is 1. The summed E-state index contributed by atoms with van der Waals surface area (Å²) >= 11 is 0. The van der Waals surface area contributed by atoms with E-state index in [0.717, 1.165) is 18.5 Å². The molecule has 140 valence electrons. The average Bonchev–Trinajstić information content (AvgIpc) is 2.51. The van der Waals surface area contributed by atoms with Gasteiger partial charge < -0.3 is 11.1 Å². The predicted molar refractivity (Wildman–Crippen MR) is 107 cm³/mol. The summed E-state index contributed by atoms with van der Waals surface area (Å²) in [4.78, 5) is 14.3. The van der Waals surface area contributed by atoms with Gasteiger partial charge in [0, 0.05) is 19.1 Å². The molecule has 1 amide bonds. The lowest BCUT2D eigenvalue weighted by Crippen LogP contribution is -2.44. The molecular formula is C18H33Cl2N3O. The normalized spacial score (nSPS) is 13.0. The molecule has 0 fully saturated rings. The highest BCUT2D eigenvalue weighted by Gasteiger charge is 2.18. The van der Waals surface area contributed by atoms with Crippen LogP contribution in [0.4, 0.5) is 0 Å². The summed E-state index contributed by atoms with van der Waals surface area (Å²) in [6.45, 7) is 9.86. The zero-order chi connectivity index (χ0) is 16.7. The third-order valence-electron chi connectivity index (χ3n) is 4.33. The van der Waals surface area contributed by atoms with Crippen LogP contribution in [0.5, 0.6) is 0 Å². The molecule has 3 N–H and O–H groups in total. The van der Waals surface area contributed by atoms with E-state index in [9.17, 15) is 4.79 Å². The lowest BCUT2D eigenvalue weighted by atomic mass is 9.99. The van der Waals surface area contributed by atoms with Gasteiger partial charge in [-0.2, -0.15) is 0 Å². The van der Waals surface area contributed by atoms with Gasteiger partial charge >= 0.3 is 0 Å². The molecule has 0 spiro atoms. The summed E-state index contributed by atoms with van der Waals surface area (Å²) in [6.07, 6.45) is 0.908. The fraction of sp³-hybridized carbons (Fsp3) is 0.611. The Balaban J connectivity index is 0. The SMILES string of the molecule is CCC(C)C(N)C(=O)NCc1cccc(CN(C)C(C)C)c1.Cl.Cl. The highest BCUT2D eigenvalue weighted by atomic mass is 35.5. The fourth-order valence-electron chi connectivity index (χ4n) is 2.13. The van der Waals surface area contributed by atoms with Gasteiger partial charge in [-0.05, 0) is 37.9 Å². The minimum atomic E-state index is -0.430. The quantitative estimate of drug-likeness (QED) is 0.729. The maximum Gasteiger partial charge on any atom is 0.237 e. The first-order chi connectivity index (χ1) is 10.3. The smallest absolute Gasteiger partial charge is 0.237 e. The summed E-state index contributed by atoms with van der Waals surface area (Å²) in [5, 5.41) is 2.94. The number of halogens is 2. The Hall–Kier alpha value is -0.810. The highest BCUT2D eigenvalue weighted by molar-refractivity contribution is 5.85. The highest BCUT2D eigenvalue weighted by Crippen LogP contribution is 2.10. The number of nitrogens with two attached hydrogens (primary N) is 1. The minimum Gasteiger partial charge on any atom is -0.351 e. The van der Waals surface area contributed by atoms with Gasteiger partial charge in [-0.25, -0.2) is 0 Å². The topological polar surface area (TPSA) is 58.4 Å². The largest absolute Gasteiger partial charge is 0.351 e. The van der Waals surface area contributed by atoms with Crippen LogP contribution in [0.1, 0.15) is 45.2 Å². The van der Waals surface area contributed by atoms with E-state index in [4.69, 9.17) is 5.73 Å². The minimum absolute atomic E-state index is 0. The molecule has 0 aliphatic carbocycles. The molecule has 2 unspecified atom stereocenters. The molecule has 0 aliphatic rings. The van der Waals surface area contributed by atoms with Crippen LogP contribution in [0, 0.1) is 5.92 Å². The van der Waals surface area contributed by atoms with Gasteiger partial charge in [0.25, 0.3) is 0 Å². The van der Waals surface area contributed by atoms with Crippen LogP contribution in [-0.2, 0) is 17.9 Å². The third kappa shape index (κ3) is 8.34. The van der Waals surface area contributed by atoms with Crippen LogP contribution < -0.4 is 11.1 Å². The first-order valence-electron chi connectivity index (χ1n) is 8.16. The first kappa shape index (κ1) is 25.4. The van der Waals surface area contributed by atoms with Crippen LogP contribution in [0.25, 0.3) is 0 Å². The van der Waals surface area contributed by atoms with Crippen molar-refractivity contribution in [3.8, 4) is 0 Å². The summed E-state index contributed by atoms with van der Waals surface area (Å²) < 4.78 is 0. The lowest BCUT2D eigenvalue weighted by molar-refractivity contribution is -0.123. The van der Waals surface area contributed by atoms with Gasteiger partial charge in [0.2, 0.25) is 5.91 Å². The molecule has 0 bridgehead atoms. The van der Waals surface area contributed by atoms with Crippen molar-refractivity contribution in [1.29, 1.82) is 0 Å². The van der Waals surface area contributed by atoms with Crippen LogP contribution in [-0.4, -0.2) is 29.9 Å². The molecule has 0 saturated carbocycles. The number of nitrogens with zero attached hydrogens (tertiary/aromatic N) is 1. The van der Waals surface area contributed by atoms with Gasteiger partial charge in [0.1, 0.15) is 0 Å². The van der Waals surface area contributed by atoms with Crippen molar-refractivity contribution in [2.75, 3.05) is 7.05 Å². The van der Waals surface area contributed by atoms with E-state index in [0.29, 0.717) is 12.6 Å². The van der Waals surface area contributed by atoms with Crippen molar-refractivity contribution in [2.45, 2.75) is 59.3 Å². The summed E-state index contributed by atoms with van der Waals surface area (Å²) in [5.74, 6) is 0.130. The molecule has 0 heterocycles. The third-order valence-corrected chi connectivity index (χ3v) is 4.33. The Morgan fingerprint density at radius 1 is 1.21 bits per heavy atom. The van der Waals surface area contributed by atoms with E-state index < -0.39 is 6.04 Å². The van der Waals surface area contributed by atoms with Crippen molar-refractivity contribution in [3.05, 3.63) is 35.4 Å². The van der Waals surface area contributed by atoms with E-state index >= 15 is 0 Å². The number of carbonyl (C=O) groups excluding carboxylic acids is 1. The number of carbonyl (C=O) groups is 1. The predicted octanol–water partition coefficient (Wildman–Crippen LogP) is 3.36. The molecule has 0 aromatic heterocycles. The summed E-state index contributed by atoms with van der Waals surface area (Å²) in [5.41, 5.74) is 8.31. The van der Waals surface area contributed by atoms with E-state index in [1.165, 1.54) is 5.56 Å². The second-order valence-corrected chi connectivity index (χ2v) is 6.46. The van der Waals surface area contributed by atoms with Crippen LogP contribution in [0.3, 0.4) is 0 Å². The van der Waals surface area contributed by atoms with E-state index in [2.05, 4.69) is 43.2 Å². The Morgan fingerprint density at radius 2 is 1.79 bits per heavy atom. The average molecular weight is 378 g/mol. The number of amides is 1. The maximum absolute atomic E-state index is 12.0. The molecule has 6 heteroatoms. The standard InChI is InChI=1S/C18H31N3O.2ClH/c1-6-14(4)17(19)18(22)20-11-15-8-7-9-16(10-15)12-21(5)13(2)3;;/h7-10,13-14,17H,6,11-12,19H2,1-5H3,(H,20,22);2*1H. The molecule has 24 heavy (non-hydrogen) atoms. The molecule has 4 nitrogen and oxygen atoms in total. The van der Waals surface area contributed by atoms with Crippen molar-refractivity contribution in [3.63, 3.8) is 0 Å². The summed E-state index contributed by atoms with van der Waals surface area (Å²) in [6, 6.07) is 8.42. The molecule has 1 aromatic rings. The van der Waals surface area contributed by atoms with Crippen LogP contribution in [0.15, 0.2) is 24.3 Å². The molecule has 2 atom stereocenters. The zero-order valence-corrected chi connectivity index (χ0v) is 17.0. The Labute approximate surface area is 159 Å². The van der Waals surface area contributed by atoms with Gasteiger partial charge in [0.15, 0.2) is 0 Å². The van der Waals surface area contributed by atoms with Crippen molar-refractivity contribution < 1.29 is 4.79 Å². The second kappa shape index (κ2) is 12.5. The lowest BCUT2D eigenvalue weighted by Gasteiger charge is -2.21. The molecule has 0 radical (unpaired) electrons. The zero-order valence-electron chi connectivity index (χ0n) is 15.4. The van der Waals surface area contributed by atoms with Gasteiger partial charge in [0.05, 0.1) is 6.04 Å². The molecule has 0 saturated heterocycles. The number of hydrogen-bond acceptors (Lipinski definition) is 3. The Bertz CT molecular complexity index is 483. The van der Waals surface area contributed by atoms with Crippen molar-refractivity contribution in [2.24, 2.45) is 11.7 Å². The fourth-order valence-corrected chi connectivity index (χ4v) is 2.13. The molecule has 1 aromatic carbocycles. The molecule has 0 aliphatic heterocycles. The monoisotopic (exact) mass is 377 g/mol.